The molecule has 3 rings (SSSR count). The van der Waals surface area contributed by atoms with Crippen LogP contribution in [0.4, 0.5) is 5.00 Å². The summed E-state index contributed by atoms with van der Waals surface area (Å²) in [5.41, 5.74) is 7.68. The summed E-state index contributed by atoms with van der Waals surface area (Å²) in [6.45, 7) is 0.0711. The summed E-state index contributed by atoms with van der Waals surface area (Å²) >= 11 is 1.26. The summed E-state index contributed by atoms with van der Waals surface area (Å²) in [6.07, 6.45) is 0. The third kappa shape index (κ3) is 4.76. The van der Waals surface area contributed by atoms with Gasteiger partial charge in [-0.1, -0.05) is 42.5 Å². The molecule has 1 aromatic heterocycles. The van der Waals surface area contributed by atoms with Crippen molar-refractivity contribution in [1.29, 1.82) is 0 Å². The number of carbonyl (C=O) groups excluding carboxylic acids is 2. The van der Waals surface area contributed by atoms with Crippen LogP contribution in [-0.2, 0) is 4.79 Å². The lowest BCUT2D eigenvalue weighted by molar-refractivity contribution is -0.115. The van der Waals surface area contributed by atoms with Gasteiger partial charge in [-0.05, 0) is 34.7 Å². The zero-order valence-electron chi connectivity index (χ0n) is 15.3. The number of benzene rings is 2. The molecule has 2 aromatic carbocycles. The zero-order chi connectivity index (χ0) is 19.9. The fraction of sp³-hybridized carbons (Fsp3) is 0.143. The van der Waals surface area contributed by atoms with Crippen LogP contribution in [0.1, 0.15) is 27.5 Å². The molecule has 0 radical (unpaired) electrons. The molecule has 0 saturated carbocycles. The largest absolute Gasteiger partial charge is 0.497 e. The van der Waals surface area contributed by atoms with E-state index in [0.717, 1.165) is 16.9 Å². The average Bonchev–Trinajstić information content (AvgIpc) is 3.18. The average molecular weight is 395 g/mol. The van der Waals surface area contributed by atoms with Crippen molar-refractivity contribution in [2.24, 2.45) is 5.73 Å². The Hall–Kier alpha value is -3.16. The van der Waals surface area contributed by atoms with Crippen molar-refractivity contribution in [1.82, 2.24) is 5.32 Å². The van der Waals surface area contributed by atoms with E-state index in [2.05, 4.69) is 10.6 Å². The Labute approximate surface area is 167 Å². The van der Waals surface area contributed by atoms with Gasteiger partial charge in [0.05, 0.1) is 25.3 Å². The molecule has 2 amide bonds. The van der Waals surface area contributed by atoms with Crippen molar-refractivity contribution in [2.45, 2.75) is 6.04 Å². The second-order valence-corrected chi connectivity index (χ2v) is 6.99. The van der Waals surface area contributed by atoms with E-state index in [4.69, 9.17) is 10.5 Å². The number of nitrogens with two attached hydrogens (primary N) is 1. The fourth-order valence-corrected chi connectivity index (χ4v) is 3.64. The smallest absolute Gasteiger partial charge is 0.251 e. The number of amides is 2. The lowest BCUT2D eigenvalue weighted by atomic mass is 9.98. The molecule has 0 aliphatic carbocycles. The normalized spacial score (nSPS) is 11.6. The summed E-state index contributed by atoms with van der Waals surface area (Å²) in [7, 11) is 1.62. The number of hydrogen-bond donors (Lipinski definition) is 3. The third-order valence-electron chi connectivity index (χ3n) is 4.23. The highest BCUT2D eigenvalue weighted by molar-refractivity contribution is 7.14. The zero-order valence-corrected chi connectivity index (χ0v) is 16.2. The summed E-state index contributed by atoms with van der Waals surface area (Å²) in [4.78, 5) is 23.8. The first kappa shape index (κ1) is 19.6. The highest BCUT2D eigenvalue weighted by atomic mass is 32.1. The Morgan fingerprint density at radius 1 is 1.04 bits per heavy atom. The molecule has 0 aliphatic rings. The van der Waals surface area contributed by atoms with Crippen LogP contribution in [0.25, 0.3) is 0 Å². The molecule has 4 N–H and O–H groups in total. The maximum atomic E-state index is 12.4. The van der Waals surface area contributed by atoms with E-state index in [1.165, 1.54) is 11.3 Å². The van der Waals surface area contributed by atoms with Crippen molar-refractivity contribution < 1.29 is 14.3 Å². The van der Waals surface area contributed by atoms with E-state index in [-0.39, 0.29) is 18.5 Å². The molecule has 1 unspecified atom stereocenters. The number of thiophene rings is 1. The number of rotatable bonds is 8. The van der Waals surface area contributed by atoms with Gasteiger partial charge in [-0.15, -0.1) is 11.3 Å². The summed E-state index contributed by atoms with van der Waals surface area (Å²) in [5, 5.41) is 8.20. The van der Waals surface area contributed by atoms with Crippen LogP contribution in [0, 0.1) is 0 Å². The van der Waals surface area contributed by atoms with Crippen LogP contribution < -0.4 is 21.1 Å². The van der Waals surface area contributed by atoms with Crippen molar-refractivity contribution in [3.8, 4) is 5.75 Å². The van der Waals surface area contributed by atoms with Gasteiger partial charge in [-0.3, -0.25) is 14.9 Å². The maximum Gasteiger partial charge on any atom is 0.251 e. The summed E-state index contributed by atoms with van der Waals surface area (Å²) in [6, 6.07) is 19.0. The number of carbonyl (C=O) groups is 2. The molecule has 7 heteroatoms. The number of anilines is 1. The first-order valence-electron chi connectivity index (χ1n) is 8.68. The first-order valence-corrected chi connectivity index (χ1v) is 9.56. The third-order valence-corrected chi connectivity index (χ3v) is 5.06. The highest BCUT2D eigenvalue weighted by Gasteiger charge is 2.17. The Kier molecular flexibility index (Phi) is 6.41. The van der Waals surface area contributed by atoms with Crippen LogP contribution in [0.15, 0.2) is 66.0 Å². The monoisotopic (exact) mass is 395 g/mol. The number of primary amides is 1. The Bertz CT molecular complexity index is 939. The molecule has 6 nitrogen and oxygen atoms in total. The van der Waals surface area contributed by atoms with Gasteiger partial charge in [-0.25, -0.2) is 0 Å². The Balaban J connectivity index is 1.73. The van der Waals surface area contributed by atoms with Crippen molar-refractivity contribution in [3.63, 3.8) is 0 Å². The van der Waals surface area contributed by atoms with Crippen LogP contribution in [0.2, 0.25) is 0 Å². The molecular formula is C21H21N3O3S. The van der Waals surface area contributed by atoms with E-state index >= 15 is 0 Å². The molecule has 0 aliphatic heterocycles. The lowest BCUT2D eigenvalue weighted by Gasteiger charge is -2.20. The molecule has 1 heterocycles. The standard InChI is InChI=1S/C21H21N3O3S/c1-27-16-9-7-15(8-10-16)19(14-5-3-2-4-6-14)23-13-18(25)24-21-17(20(22)26)11-12-28-21/h2-12,19,23H,13H2,1H3,(H2,22,26)(H,24,25). The highest BCUT2D eigenvalue weighted by Crippen LogP contribution is 2.25. The van der Waals surface area contributed by atoms with E-state index < -0.39 is 5.91 Å². The maximum absolute atomic E-state index is 12.4. The van der Waals surface area contributed by atoms with E-state index in [1.54, 1.807) is 18.6 Å². The number of ether oxygens (including phenoxy) is 1. The van der Waals surface area contributed by atoms with Crippen molar-refractivity contribution in [2.75, 3.05) is 19.0 Å². The van der Waals surface area contributed by atoms with Gasteiger partial charge >= 0.3 is 0 Å². The summed E-state index contributed by atoms with van der Waals surface area (Å²) in [5.74, 6) is -0.0470. The van der Waals surface area contributed by atoms with E-state index in [0.29, 0.717) is 10.6 Å². The topological polar surface area (TPSA) is 93.4 Å². The Morgan fingerprint density at radius 3 is 2.36 bits per heavy atom. The minimum absolute atomic E-state index is 0.0711. The van der Waals surface area contributed by atoms with Gasteiger partial charge in [-0.2, -0.15) is 0 Å². The SMILES string of the molecule is COc1ccc(C(NCC(=O)Nc2sccc2C(N)=O)c2ccccc2)cc1. The van der Waals surface area contributed by atoms with E-state index in [1.807, 2.05) is 54.6 Å². The first-order chi connectivity index (χ1) is 13.6. The minimum atomic E-state index is -0.565. The van der Waals surface area contributed by atoms with Crippen LogP contribution in [0.3, 0.4) is 0 Å². The van der Waals surface area contributed by atoms with Crippen LogP contribution in [0.5, 0.6) is 5.75 Å². The molecule has 0 saturated heterocycles. The van der Waals surface area contributed by atoms with Crippen LogP contribution >= 0.6 is 11.3 Å². The molecular weight excluding hydrogens is 374 g/mol. The van der Waals surface area contributed by atoms with Crippen LogP contribution in [-0.4, -0.2) is 25.5 Å². The van der Waals surface area contributed by atoms with Gasteiger partial charge in [0.15, 0.2) is 0 Å². The molecule has 1 atom stereocenters. The van der Waals surface area contributed by atoms with Gasteiger partial charge in [0, 0.05) is 0 Å². The molecule has 0 spiro atoms. The fourth-order valence-electron chi connectivity index (χ4n) is 2.84. The quantitative estimate of drug-likeness (QED) is 0.546. The molecule has 28 heavy (non-hydrogen) atoms. The van der Waals surface area contributed by atoms with Gasteiger partial charge in [0.2, 0.25) is 5.91 Å². The predicted octanol–water partition coefficient (Wildman–Crippen LogP) is 3.17. The molecule has 3 aromatic rings. The number of hydrogen-bond acceptors (Lipinski definition) is 5. The Morgan fingerprint density at radius 2 is 1.71 bits per heavy atom. The molecule has 0 bridgehead atoms. The van der Waals surface area contributed by atoms with E-state index in [9.17, 15) is 9.59 Å². The van der Waals surface area contributed by atoms with Crippen molar-refractivity contribution >= 4 is 28.2 Å². The van der Waals surface area contributed by atoms with Gasteiger partial charge < -0.3 is 15.8 Å². The lowest BCUT2D eigenvalue weighted by Crippen LogP contribution is -2.32. The molecule has 144 valence electrons. The summed E-state index contributed by atoms with van der Waals surface area (Å²) < 4.78 is 5.22. The van der Waals surface area contributed by atoms with Gasteiger partial charge in [0.25, 0.3) is 5.91 Å². The van der Waals surface area contributed by atoms with Crippen molar-refractivity contribution in [3.05, 3.63) is 82.7 Å². The van der Waals surface area contributed by atoms with Gasteiger partial charge in [0.1, 0.15) is 10.8 Å². The second kappa shape index (κ2) is 9.16. The minimum Gasteiger partial charge on any atom is -0.497 e. The number of methoxy groups -OCH3 is 1. The number of nitrogens with one attached hydrogen (secondary N) is 2. The molecule has 0 fully saturated rings. The predicted molar refractivity (Wildman–Crippen MR) is 111 cm³/mol. The second-order valence-electron chi connectivity index (χ2n) is 6.07.